The molecule has 0 aliphatic rings. The molecule has 106 valence electrons. The molecule has 0 fully saturated rings. The minimum Gasteiger partial charge on any atom is -0.392 e. The van der Waals surface area contributed by atoms with Gasteiger partial charge in [-0.05, 0) is 31.0 Å². The van der Waals surface area contributed by atoms with E-state index in [0.29, 0.717) is 5.02 Å². The largest absolute Gasteiger partial charge is 0.392 e. The summed E-state index contributed by atoms with van der Waals surface area (Å²) in [5, 5.41) is -0.257. The van der Waals surface area contributed by atoms with Crippen molar-refractivity contribution in [3.8, 4) is 0 Å². The molecule has 1 rings (SSSR count). The number of aryl methyl sites for hydroxylation is 1. The van der Waals surface area contributed by atoms with Crippen LogP contribution in [0.3, 0.4) is 0 Å². The summed E-state index contributed by atoms with van der Waals surface area (Å²) in [6.07, 6.45) is 0.280. The maximum absolute atomic E-state index is 12.1. The van der Waals surface area contributed by atoms with Crippen molar-refractivity contribution in [3.63, 3.8) is 0 Å². The molecule has 3 N–H and O–H groups in total. The summed E-state index contributed by atoms with van der Waals surface area (Å²) in [7, 11) is -3.74. The van der Waals surface area contributed by atoms with E-state index >= 15 is 0 Å². The Morgan fingerprint density at radius 1 is 1.42 bits per heavy atom. The van der Waals surface area contributed by atoms with Crippen LogP contribution in [0.5, 0.6) is 0 Å². The average Bonchev–Trinajstić information content (AvgIpc) is 2.25. The van der Waals surface area contributed by atoms with Crippen LogP contribution in [0.25, 0.3) is 0 Å². The molecule has 0 saturated heterocycles. The van der Waals surface area contributed by atoms with Gasteiger partial charge in [-0.2, -0.15) is 0 Å². The zero-order valence-corrected chi connectivity index (χ0v) is 13.6. The number of sulfonamides is 1. The highest BCUT2D eigenvalue weighted by Gasteiger charge is 2.27. The van der Waals surface area contributed by atoms with Crippen LogP contribution >= 0.6 is 35.4 Å². The fraction of sp³-hybridized carbons (Fsp3) is 0.364. The van der Waals surface area contributed by atoms with Gasteiger partial charge in [0.1, 0.15) is 5.25 Å². The Hall–Kier alpha value is -0.560. The Bertz CT molecular complexity index is 603. The fourth-order valence-corrected chi connectivity index (χ4v) is 3.92. The molecule has 0 radical (unpaired) electrons. The van der Waals surface area contributed by atoms with E-state index in [1.54, 1.807) is 19.9 Å². The number of hydrogen-bond donors (Lipinski definition) is 2. The van der Waals surface area contributed by atoms with Crippen LogP contribution in [0.2, 0.25) is 10.0 Å². The number of nitrogens with two attached hydrogens (primary N) is 1. The molecule has 0 bridgehead atoms. The number of anilines is 1. The lowest BCUT2D eigenvalue weighted by molar-refractivity contribution is 0.594. The Morgan fingerprint density at radius 2 is 2.00 bits per heavy atom. The van der Waals surface area contributed by atoms with Crippen LogP contribution in [-0.2, 0) is 10.0 Å². The van der Waals surface area contributed by atoms with Gasteiger partial charge in [0.05, 0.1) is 15.7 Å². The molecule has 0 saturated carbocycles. The molecule has 1 unspecified atom stereocenters. The molecule has 1 aromatic rings. The van der Waals surface area contributed by atoms with Gasteiger partial charge in [-0.15, -0.1) is 0 Å². The third-order valence-corrected chi connectivity index (χ3v) is 5.56. The van der Waals surface area contributed by atoms with E-state index in [9.17, 15) is 8.42 Å². The normalized spacial score (nSPS) is 13.1. The van der Waals surface area contributed by atoms with Gasteiger partial charge in [0.15, 0.2) is 0 Å². The molecule has 0 heterocycles. The summed E-state index contributed by atoms with van der Waals surface area (Å²) < 4.78 is 26.7. The average molecular weight is 341 g/mol. The third kappa shape index (κ3) is 3.95. The minimum atomic E-state index is -3.74. The number of halogens is 2. The molecule has 1 atom stereocenters. The Balaban J connectivity index is 3.15. The zero-order chi connectivity index (χ0) is 14.8. The third-order valence-electron chi connectivity index (χ3n) is 2.56. The minimum absolute atomic E-state index is 0.0793. The van der Waals surface area contributed by atoms with Crippen molar-refractivity contribution < 1.29 is 8.42 Å². The maximum atomic E-state index is 12.1. The highest BCUT2D eigenvalue weighted by atomic mass is 35.5. The molecule has 8 heteroatoms. The van der Waals surface area contributed by atoms with E-state index in [4.69, 9.17) is 41.2 Å². The van der Waals surface area contributed by atoms with E-state index in [1.165, 1.54) is 6.07 Å². The fourth-order valence-electron chi connectivity index (χ4n) is 1.52. The number of benzene rings is 1. The first-order valence-electron chi connectivity index (χ1n) is 5.45. The van der Waals surface area contributed by atoms with Crippen molar-refractivity contribution in [2.45, 2.75) is 25.5 Å². The van der Waals surface area contributed by atoms with E-state index < -0.39 is 15.3 Å². The summed E-state index contributed by atoms with van der Waals surface area (Å²) in [6.45, 7) is 3.46. The molecular formula is C11H14Cl2N2O2S2. The second kappa shape index (κ2) is 6.26. The highest BCUT2D eigenvalue weighted by molar-refractivity contribution is 7.95. The molecule has 0 aromatic heterocycles. The van der Waals surface area contributed by atoms with Crippen molar-refractivity contribution in [2.75, 3.05) is 4.72 Å². The molecule has 1 aromatic carbocycles. The quantitative estimate of drug-likeness (QED) is 0.807. The van der Waals surface area contributed by atoms with E-state index in [-0.39, 0.29) is 22.1 Å². The second-order valence-electron chi connectivity index (χ2n) is 4.03. The van der Waals surface area contributed by atoms with Crippen LogP contribution in [0.15, 0.2) is 12.1 Å². The van der Waals surface area contributed by atoms with Crippen LogP contribution in [0, 0.1) is 6.92 Å². The van der Waals surface area contributed by atoms with Crippen LogP contribution in [0.4, 0.5) is 5.69 Å². The first-order valence-corrected chi connectivity index (χ1v) is 8.16. The summed E-state index contributed by atoms with van der Waals surface area (Å²) in [5.41, 5.74) is 6.41. The van der Waals surface area contributed by atoms with Gasteiger partial charge >= 0.3 is 0 Å². The first-order chi connectivity index (χ1) is 8.69. The van der Waals surface area contributed by atoms with Crippen molar-refractivity contribution in [1.82, 2.24) is 0 Å². The number of hydrogen-bond acceptors (Lipinski definition) is 3. The number of thiocarbonyl (C=S) groups is 1. The Labute approximate surface area is 128 Å². The monoisotopic (exact) mass is 340 g/mol. The van der Waals surface area contributed by atoms with Crippen molar-refractivity contribution in [2.24, 2.45) is 5.73 Å². The molecule has 19 heavy (non-hydrogen) atoms. The van der Waals surface area contributed by atoms with Gasteiger partial charge in [-0.1, -0.05) is 42.3 Å². The van der Waals surface area contributed by atoms with Crippen molar-refractivity contribution in [3.05, 3.63) is 27.7 Å². The van der Waals surface area contributed by atoms with Crippen LogP contribution in [0.1, 0.15) is 18.9 Å². The summed E-state index contributed by atoms with van der Waals surface area (Å²) >= 11 is 16.7. The molecular weight excluding hydrogens is 327 g/mol. The number of nitrogens with one attached hydrogen (secondary N) is 1. The summed E-state index contributed by atoms with van der Waals surface area (Å²) in [6, 6.07) is 3.05. The summed E-state index contributed by atoms with van der Waals surface area (Å²) in [4.78, 5) is -0.0793. The zero-order valence-electron chi connectivity index (χ0n) is 10.4. The van der Waals surface area contributed by atoms with Gasteiger partial charge < -0.3 is 5.73 Å². The second-order valence-corrected chi connectivity index (χ2v) is 7.18. The van der Waals surface area contributed by atoms with Crippen molar-refractivity contribution in [1.29, 1.82) is 0 Å². The standard InChI is InChI=1S/C11H14Cl2N2O2S2/c1-3-10(11(14)18)19(16,17)15-9-5-7(12)6(2)4-8(9)13/h4-5,10,15H,3H2,1-2H3,(H2,14,18). The molecule has 4 nitrogen and oxygen atoms in total. The lowest BCUT2D eigenvalue weighted by atomic mass is 10.2. The van der Waals surface area contributed by atoms with Gasteiger partial charge in [0.25, 0.3) is 0 Å². The van der Waals surface area contributed by atoms with E-state index in [2.05, 4.69) is 4.72 Å². The van der Waals surface area contributed by atoms with Gasteiger partial charge in [-0.25, -0.2) is 8.42 Å². The summed E-state index contributed by atoms with van der Waals surface area (Å²) in [5.74, 6) is 0. The van der Waals surface area contributed by atoms with Crippen LogP contribution < -0.4 is 10.5 Å². The number of rotatable bonds is 5. The Kier molecular flexibility index (Phi) is 5.43. The first kappa shape index (κ1) is 16.5. The topological polar surface area (TPSA) is 72.2 Å². The Morgan fingerprint density at radius 3 is 2.47 bits per heavy atom. The lowest BCUT2D eigenvalue weighted by Crippen LogP contribution is -2.37. The molecule has 0 aliphatic heterocycles. The predicted molar refractivity (Wildman–Crippen MR) is 84.6 cm³/mol. The van der Waals surface area contributed by atoms with E-state index in [0.717, 1.165) is 5.56 Å². The van der Waals surface area contributed by atoms with Gasteiger partial charge in [0.2, 0.25) is 10.0 Å². The van der Waals surface area contributed by atoms with Crippen LogP contribution in [-0.4, -0.2) is 18.7 Å². The van der Waals surface area contributed by atoms with E-state index in [1.807, 2.05) is 0 Å². The lowest BCUT2D eigenvalue weighted by Gasteiger charge is -2.17. The molecule has 0 aliphatic carbocycles. The molecule has 0 spiro atoms. The maximum Gasteiger partial charge on any atom is 0.242 e. The smallest absolute Gasteiger partial charge is 0.242 e. The van der Waals surface area contributed by atoms with Crippen molar-refractivity contribution >= 4 is 56.1 Å². The highest BCUT2D eigenvalue weighted by Crippen LogP contribution is 2.30. The SMILES string of the molecule is CCC(C(N)=S)S(=O)(=O)Nc1cc(Cl)c(C)cc1Cl. The predicted octanol–water partition coefficient (Wildman–Crippen LogP) is 3.11. The van der Waals surface area contributed by atoms with Gasteiger partial charge in [0, 0.05) is 5.02 Å². The van der Waals surface area contributed by atoms with Gasteiger partial charge in [-0.3, -0.25) is 4.72 Å². The molecule has 0 amide bonds.